The third kappa shape index (κ3) is 74.9. The summed E-state index contributed by atoms with van der Waals surface area (Å²) in [7, 11) is 0. The van der Waals surface area contributed by atoms with Gasteiger partial charge >= 0.3 is 5.97 Å². The fraction of sp³-hybridized carbons (Fsp3) is 0.881. The first-order chi connectivity index (χ1) is 44.5. The molecule has 0 aliphatic heterocycles. The van der Waals surface area contributed by atoms with Crippen LogP contribution in [0, 0.1) is 0 Å². The number of aliphatic hydroxyl groups excluding tert-OH is 2. The predicted octanol–water partition coefficient (Wildman–Crippen LogP) is 27.2. The molecule has 0 saturated heterocycles. The van der Waals surface area contributed by atoms with Gasteiger partial charge in [-0.1, -0.05) is 396 Å². The van der Waals surface area contributed by atoms with E-state index in [1.54, 1.807) is 6.08 Å². The Balaban J connectivity index is 3.40. The molecule has 2 atom stereocenters. The highest BCUT2D eigenvalue weighted by Gasteiger charge is 2.18. The molecule has 0 heterocycles. The Bertz CT molecular complexity index is 1500. The van der Waals surface area contributed by atoms with Gasteiger partial charge in [0.2, 0.25) is 5.91 Å². The second-order valence-corrected chi connectivity index (χ2v) is 28.1. The molecule has 0 aromatic rings. The van der Waals surface area contributed by atoms with Crippen molar-refractivity contribution < 1.29 is 24.5 Å². The van der Waals surface area contributed by atoms with E-state index in [1.807, 2.05) is 6.08 Å². The van der Waals surface area contributed by atoms with Gasteiger partial charge < -0.3 is 20.3 Å². The van der Waals surface area contributed by atoms with Crippen molar-refractivity contribution in [2.24, 2.45) is 0 Å². The third-order valence-corrected chi connectivity index (χ3v) is 19.1. The summed E-state index contributed by atoms with van der Waals surface area (Å²) in [5.74, 6) is -0.0503. The summed E-state index contributed by atoms with van der Waals surface area (Å²) in [6.07, 6.45) is 105. The number of amides is 1. The average molecular weight is 1260 g/mol. The molecule has 0 bridgehead atoms. The quantitative estimate of drug-likeness (QED) is 0.0320. The Morgan fingerprint density at radius 3 is 0.856 bits per heavy atom. The predicted molar refractivity (Wildman–Crippen MR) is 398 cm³/mol. The van der Waals surface area contributed by atoms with E-state index in [9.17, 15) is 19.8 Å². The smallest absolute Gasteiger partial charge is 0.305 e. The molecule has 0 aromatic heterocycles. The first kappa shape index (κ1) is 87.8. The number of ether oxygens (including phenoxy) is 1. The molecule has 0 aromatic carbocycles. The van der Waals surface area contributed by atoms with Gasteiger partial charge in [-0.05, 0) is 89.9 Å². The molecular formula is C84H159NO5. The highest BCUT2D eigenvalue weighted by atomic mass is 16.5. The van der Waals surface area contributed by atoms with Crippen LogP contribution in [0.2, 0.25) is 0 Å². The Labute approximate surface area is 563 Å². The van der Waals surface area contributed by atoms with Crippen molar-refractivity contribution in [2.75, 3.05) is 13.2 Å². The van der Waals surface area contributed by atoms with E-state index in [4.69, 9.17) is 4.74 Å². The fourth-order valence-corrected chi connectivity index (χ4v) is 12.8. The van der Waals surface area contributed by atoms with E-state index in [0.29, 0.717) is 19.4 Å². The number of esters is 1. The van der Waals surface area contributed by atoms with E-state index < -0.39 is 12.1 Å². The molecule has 1 amide bonds. The summed E-state index contributed by atoms with van der Waals surface area (Å²) in [5.41, 5.74) is 0. The number of aliphatic hydroxyl groups is 2. The van der Waals surface area contributed by atoms with Crippen molar-refractivity contribution in [3.8, 4) is 0 Å². The Morgan fingerprint density at radius 2 is 0.556 bits per heavy atom. The van der Waals surface area contributed by atoms with Gasteiger partial charge in [-0.2, -0.15) is 0 Å². The highest BCUT2D eigenvalue weighted by molar-refractivity contribution is 5.76. The van der Waals surface area contributed by atoms with Crippen molar-refractivity contribution in [2.45, 2.75) is 463 Å². The second-order valence-electron chi connectivity index (χ2n) is 28.1. The molecule has 3 N–H and O–H groups in total. The summed E-state index contributed by atoms with van der Waals surface area (Å²) in [4.78, 5) is 24.7. The lowest BCUT2D eigenvalue weighted by molar-refractivity contribution is -0.143. The van der Waals surface area contributed by atoms with Crippen molar-refractivity contribution >= 4 is 11.9 Å². The van der Waals surface area contributed by atoms with Gasteiger partial charge in [0.25, 0.3) is 0 Å². The van der Waals surface area contributed by atoms with Crippen LogP contribution in [0.5, 0.6) is 0 Å². The molecule has 0 aliphatic carbocycles. The van der Waals surface area contributed by atoms with Gasteiger partial charge in [-0.25, -0.2) is 0 Å². The number of allylic oxidation sites excluding steroid dienone is 7. The van der Waals surface area contributed by atoms with E-state index in [0.717, 1.165) is 51.4 Å². The highest BCUT2D eigenvalue weighted by Crippen LogP contribution is 2.19. The zero-order valence-corrected chi connectivity index (χ0v) is 60.9. The van der Waals surface area contributed by atoms with E-state index in [2.05, 4.69) is 55.6 Å². The molecule has 530 valence electrons. The summed E-state index contributed by atoms with van der Waals surface area (Å²) < 4.78 is 5.50. The van der Waals surface area contributed by atoms with Gasteiger partial charge in [0, 0.05) is 12.8 Å². The first-order valence-corrected chi connectivity index (χ1v) is 40.9. The molecule has 0 radical (unpaired) electrons. The summed E-state index contributed by atoms with van der Waals surface area (Å²) in [5, 5.41) is 23.3. The molecule has 90 heavy (non-hydrogen) atoms. The van der Waals surface area contributed by atoms with Crippen LogP contribution in [0.4, 0.5) is 0 Å². The van der Waals surface area contributed by atoms with Crippen LogP contribution in [-0.4, -0.2) is 47.4 Å². The molecule has 6 nitrogen and oxygen atoms in total. The normalized spacial score (nSPS) is 12.7. The number of rotatable bonds is 77. The standard InChI is InChI=1S/C84H159NO5/c1-3-5-7-9-11-13-15-17-19-21-22-23-35-38-41-45-48-52-56-60-64-68-72-76-82(87)81(80-86)85-83(88)77-73-69-65-61-57-53-49-46-42-39-36-33-31-29-27-25-24-26-28-30-32-34-37-40-43-47-51-55-59-63-67-71-75-79-90-84(89)78-74-70-66-62-58-54-50-44-20-18-16-14-12-10-8-6-4-2/h18,20,28,30,34,37,72,76,81-82,86-87H,3-17,19,21-27,29,31-33,35-36,38-71,73-75,77-80H2,1-2H3,(H,85,88)/b20-18-,30-28-,37-34-,76-72+. The van der Waals surface area contributed by atoms with Gasteiger partial charge in [0.05, 0.1) is 25.4 Å². The van der Waals surface area contributed by atoms with Crippen LogP contribution < -0.4 is 5.32 Å². The van der Waals surface area contributed by atoms with Crippen molar-refractivity contribution in [1.29, 1.82) is 0 Å². The molecule has 2 unspecified atom stereocenters. The van der Waals surface area contributed by atoms with Crippen LogP contribution in [0.25, 0.3) is 0 Å². The SMILES string of the molecule is CCCCCCCC/C=C\CCCCCCCCCC(=O)OCCCCCCCCCCC/C=C\C/C=C\CCCCCCCCCCCCCCCCCCCC(=O)NC(CO)C(O)/C=C/CCCCCCCCCCCCCCCCCCCCCCC. The summed E-state index contributed by atoms with van der Waals surface area (Å²) in [6, 6.07) is -0.629. The summed E-state index contributed by atoms with van der Waals surface area (Å²) in [6.45, 7) is 4.94. The van der Waals surface area contributed by atoms with Crippen LogP contribution in [0.15, 0.2) is 48.6 Å². The summed E-state index contributed by atoms with van der Waals surface area (Å²) >= 11 is 0. The van der Waals surface area contributed by atoms with Crippen molar-refractivity contribution in [3.05, 3.63) is 48.6 Å². The Kier molecular flexibility index (Phi) is 77.3. The Hall–Kier alpha value is -2.18. The maximum atomic E-state index is 12.6. The maximum absolute atomic E-state index is 12.6. The Morgan fingerprint density at radius 1 is 0.311 bits per heavy atom. The first-order valence-electron chi connectivity index (χ1n) is 40.9. The van der Waals surface area contributed by atoms with Crippen LogP contribution in [0.3, 0.4) is 0 Å². The molecule has 6 heteroatoms. The minimum Gasteiger partial charge on any atom is -0.466 e. The van der Waals surface area contributed by atoms with Crippen LogP contribution >= 0.6 is 0 Å². The second kappa shape index (κ2) is 79.3. The van der Waals surface area contributed by atoms with E-state index in [-0.39, 0.29) is 18.5 Å². The van der Waals surface area contributed by atoms with Gasteiger partial charge in [-0.15, -0.1) is 0 Å². The number of nitrogens with one attached hydrogen (secondary N) is 1. The van der Waals surface area contributed by atoms with E-state index >= 15 is 0 Å². The lowest BCUT2D eigenvalue weighted by atomic mass is 10.0. The van der Waals surface area contributed by atoms with E-state index in [1.165, 1.54) is 372 Å². The molecule has 0 rings (SSSR count). The molecular weight excluding hydrogens is 1100 g/mol. The molecule has 0 fully saturated rings. The third-order valence-electron chi connectivity index (χ3n) is 19.1. The number of unbranched alkanes of at least 4 members (excludes halogenated alkanes) is 60. The average Bonchev–Trinajstić information content (AvgIpc) is 3.68. The number of carbonyl (C=O) groups excluding carboxylic acids is 2. The minimum absolute atomic E-state index is 0.0112. The number of carbonyl (C=O) groups is 2. The monoisotopic (exact) mass is 1260 g/mol. The van der Waals surface area contributed by atoms with Gasteiger partial charge in [-0.3, -0.25) is 9.59 Å². The molecule has 0 aliphatic rings. The fourth-order valence-electron chi connectivity index (χ4n) is 12.8. The maximum Gasteiger partial charge on any atom is 0.305 e. The van der Waals surface area contributed by atoms with Crippen molar-refractivity contribution in [1.82, 2.24) is 5.32 Å². The minimum atomic E-state index is -0.845. The molecule has 0 saturated carbocycles. The zero-order chi connectivity index (χ0) is 64.9. The number of hydrogen-bond donors (Lipinski definition) is 3. The van der Waals surface area contributed by atoms with Crippen LogP contribution in [-0.2, 0) is 14.3 Å². The number of hydrogen-bond acceptors (Lipinski definition) is 5. The topological polar surface area (TPSA) is 95.9 Å². The zero-order valence-electron chi connectivity index (χ0n) is 60.9. The van der Waals surface area contributed by atoms with Gasteiger partial charge in [0.1, 0.15) is 0 Å². The lowest BCUT2D eigenvalue weighted by Gasteiger charge is -2.20. The lowest BCUT2D eigenvalue weighted by Crippen LogP contribution is -2.45. The molecule has 0 spiro atoms. The van der Waals surface area contributed by atoms with Crippen molar-refractivity contribution in [3.63, 3.8) is 0 Å². The largest absolute Gasteiger partial charge is 0.466 e. The van der Waals surface area contributed by atoms with Crippen LogP contribution in [0.1, 0.15) is 450 Å². The van der Waals surface area contributed by atoms with Gasteiger partial charge in [0.15, 0.2) is 0 Å².